The van der Waals surface area contributed by atoms with Crippen LogP contribution in [0.1, 0.15) is 33.1 Å². The van der Waals surface area contributed by atoms with Crippen molar-refractivity contribution in [3.63, 3.8) is 0 Å². The molecule has 180 valence electrons. The molecule has 1 aliphatic rings. The molecule has 0 atom stereocenters. The van der Waals surface area contributed by atoms with E-state index < -0.39 is 0 Å². The molecule has 1 aliphatic heterocycles. The molecule has 0 radical (unpaired) electrons. The van der Waals surface area contributed by atoms with E-state index in [0.717, 1.165) is 66.6 Å². The molecule has 3 aromatic rings. The van der Waals surface area contributed by atoms with Crippen LogP contribution in [0.4, 0.5) is 5.69 Å². The van der Waals surface area contributed by atoms with Crippen molar-refractivity contribution < 1.29 is 18.7 Å². The van der Waals surface area contributed by atoms with E-state index in [1.54, 1.807) is 14.2 Å². The molecule has 34 heavy (non-hydrogen) atoms. The Morgan fingerprint density at radius 3 is 2.44 bits per heavy atom. The van der Waals surface area contributed by atoms with Gasteiger partial charge in [-0.3, -0.25) is 14.6 Å². The fourth-order valence-electron chi connectivity index (χ4n) is 4.06. The van der Waals surface area contributed by atoms with Crippen molar-refractivity contribution >= 4 is 11.6 Å². The molecule has 1 saturated heterocycles. The third-order valence-electron chi connectivity index (χ3n) is 6.14. The van der Waals surface area contributed by atoms with E-state index in [0.29, 0.717) is 18.1 Å². The van der Waals surface area contributed by atoms with Gasteiger partial charge in [0.25, 0.3) is 5.91 Å². The number of hydrogen-bond acceptors (Lipinski definition) is 7. The zero-order valence-corrected chi connectivity index (χ0v) is 20.3. The van der Waals surface area contributed by atoms with Crippen LogP contribution >= 0.6 is 0 Å². The Labute approximate surface area is 200 Å². The van der Waals surface area contributed by atoms with Crippen molar-refractivity contribution in [2.75, 3.05) is 45.7 Å². The van der Waals surface area contributed by atoms with Crippen LogP contribution in [0.25, 0.3) is 0 Å². The zero-order chi connectivity index (χ0) is 24.1. The van der Waals surface area contributed by atoms with Crippen molar-refractivity contribution in [3.8, 4) is 11.5 Å². The lowest BCUT2D eigenvalue weighted by Crippen LogP contribution is -2.45. The number of carbonyl (C=O) groups excluding carboxylic acids is 1. The average Bonchev–Trinajstić information content (AvgIpc) is 3.31. The molecular weight excluding hydrogens is 432 g/mol. The number of oxazole rings is 1. The Morgan fingerprint density at radius 2 is 1.74 bits per heavy atom. The first kappa shape index (κ1) is 23.8. The second-order valence-electron chi connectivity index (χ2n) is 8.63. The van der Waals surface area contributed by atoms with Gasteiger partial charge in [0.15, 0.2) is 5.69 Å². The second kappa shape index (κ2) is 10.7. The van der Waals surface area contributed by atoms with Gasteiger partial charge in [0.1, 0.15) is 17.8 Å². The highest BCUT2D eigenvalue weighted by atomic mass is 16.5. The first-order chi connectivity index (χ1) is 16.4. The molecular formula is C26H32N4O4. The zero-order valence-electron chi connectivity index (χ0n) is 20.3. The quantitative estimate of drug-likeness (QED) is 0.542. The van der Waals surface area contributed by atoms with E-state index in [2.05, 4.69) is 26.2 Å². The number of amides is 1. The van der Waals surface area contributed by atoms with Gasteiger partial charge in [0.05, 0.1) is 20.8 Å². The van der Waals surface area contributed by atoms with Gasteiger partial charge in [0.2, 0.25) is 5.89 Å². The summed E-state index contributed by atoms with van der Waals surface area (Å²) in [5.41, 5.74) is 4.32. The topological polar surface area (TPSA) is 80.1 Å². The normalized spacial score (nSPS) is 14.7. The molecule has 1 aromatic heterocycles. The highest BCUT2D eigenvalue weighted by Crippen LogP contribution is 2.26. The number of nitrogens with one attached hydrogen (secondary N) is 1. The molecule has 1 N–H and O–H groups in total. The summed E-state index contributed by atoms with van der Waals surface area (Å²) in [6.45, 7) is 9.00. The summed E-state index contributed by atoms with van der Waals surface area (Å²) in [6.07, 6.45) is 1.43. The number of ether oxygens (including phenoxy) is 2. The minimum absolute atomic E-state index is 0.262. The van der Waals surface area contributed by atoms with E-state index in [4.69, 9.17) is 13.9 Å². The minimum Gasteiger partial charge on any atom is -0.497 e. The molecule has 0 saturated carbocycles. The largest absolute Gasteiger partial charge is 0.497 e. The molecule has 0 spiro atoms. The van der Waals surface area contributed by atoms with Gasteiger partial charge >= 0.3 is 0 Å². The van der Waals surface area contributed by atoms with E-state index in [1.807, 2.05) is 44.2 Å². The predicted octanol–water partition coefficient (Wildman–Crippen LogP) is 3.88. The van der Waals surface area contributed by atoms with Gasteiger partial charge in [-0.15, -0.1) is 0 Å². The summed E-state index contributed by atoms with van der Waals surface area (Å²) < 4.78 is 16.4. The van der Waals surface area contributed by atoms with Crippen LogP contribution in [0.3, 0.4) is 0 Å². The fourth-order valence-corrected chi connectivity index (χ4v) is 4.06. The van der Waals surface area contributed by atoms with Crippen molar-refractivity contribution in [3.05, 3.63) is 70.9 Å². The molecule has 1 amide bonds. The lowest BCUT2D eigenvalue weighted by molar-refractivity contribution is 0.102. The Balaban J connectivity index is 1.29. The van der Waals surface area contributed by atoms with E-state index in [9.17, 15) is 4.79 Å². The molecule has 1 fully saturated rings. The van der Waals surface area contributed by atoms with Crippen molar-refractivity contribution in [1.82, 2.24) is 14.8 Å². The molecule has 4 rings (SSSR count). The van der Waals surface area contributed by atoms with E-state index in [1.165, 1.54) is 6.26 Å². The maximum Gasteiger partial charge on any atom is 0.277 e. The molecule has 0 aliphatic carbocycles. The van der Waals surface area contributed by atoms with E-state index >= 15 is 0 Å². The Kier molecular flexibility index (Phi) is 7.49. The first-order valence-corrected chi connectivity index (χ1v) is 11.4. The molecule has 0 unspecified atom stereocenters. The van der Waals surface area contributed by atoms with Crippen LogP contribution in [0.2, 0.25) is 0 Å². The number of benzene rings is 2. The Hall–Kier alpha value is -3.36. The predicted molar refractivity (Wildman–Crippen MR) is 130 cm³/mol. The summed E-state index contributed by atoms with van der Waals surface area (Å²) in [4.78, 5) is 21.7. The summed E-state index contributed by atoms with van der Waals surface area (Å²) in [7, 11) is 3.34. The van der Waals surface area contributed by atoms with Gasteiger partial charge in [-0.2, -0.15) is 0 Å². The monoisotopic (exact) mass is 464 g/mol. The van der Waals surface area contributed by atoms with Crippen molar-refractivity contribution in [2.24, 2.45) is 0 Å². The van der Waals surface area contributed by atoms with Gasteiger partial charge in [-0.05, 0) is 37.1 Å². The van der Waals surface area contributed by atoms with Gasteiger partial charge in [-0.1, -0.05) is 18.2 Å². The molecule has 2 aromatic carbocycles. The number of nitrogens with zero attached hydrogens (tertiary/aromatic N) is 3. The number of hydrogen-bond donors (Lipinski definition) is 1. The van der Waals surface area contributed by atoms with Crippen LogP contribution in [-0.2, 0) is 13.1 Å². The lowest BCUT2D eigenvalue weighted by atomic mass is 10.1. The third kappa shape index (κ3) is 5.76. The fraction of sp³-hybridized carbons (Fsp3) is 0.385. The van der Waals surface area contributed by atoms with Gasteiger partial charge in [0, 0.05) is 50.0 Å². The Morgan fingerprint density at radius 1 is 1.00 bits per heavy atom. The Bertz CT molecular complexity index is 1140. The summed E-state index contributed by atoms with van der Waals surface area (Å²) >= 11 is 0. The number of aryl methyl sites for hydroxylation is 2. The number of aromatic nitrogens is 1. The number of carbonyl (C=O) groups is 1. The minimum atomic E-state index is -0.262. The van der Waals surface area contributed by atoms with Crippen LogP contribution < -0.4 is 14.8 Å². The molecule has 8 heteroatoms. The van der Waals surface area contributed by atoms with Crippen LogP contribution in [0.15, 0.2) is 47.1 Å². The van der Waals surface area contributed by atoms with Gasteiger partial charge in [-0.25, -0.2) is 4.98 Å². The third-order valence-corrected chi connectivity index (χ3v) is 6.14. The van der Waals surface area contributed by atoms with Gasteiger partial charge < -0.3 is 19.2 Å². The highest BCUT2D eigenvalue weighted by molar-refractivity contribution is 6.03. The van der Waals surface area contributed by atoms with Crippen LogP contribution in [-0.4, -0.2) is 61.1 Å². The maximum atomic E-state index is 12.6. The molecule has 2 heterocycles. The number of anilines is 1. The van der Waals surface area contributed by atoms with Crippen molar-refractivity contribution in [2.45, 2.75) is 26.9 Å². The van der Waals surface area contributed by atoms with Crippen molar-refractivity contribution in [1.29, 1.82) is 0 Å². The summed E-state index contributed by atoms with van der Waals surface area (Å²) in [5.74, 6) is 1.92. The number of rotatable bonds is 8. The van der Waals surface area contributed by atoms with Crippen LogP contribution in [0.5, 0.6) is 11.5 Å². The summed E-state index contributed by atoms with van der Waals surface area (Å²) in [6, 6.07) is 11.9. The van der Waals surface area contributed by atoms with Crippen LogP contribution in [0, 0.1) is 13.8 Å². The summed E-state index contributed by atoms with van der Waals surface area (Å²) in [5, 5.41) is 2.93. The average molecular weight is 465 g/mol. The number of piperazine rings is 1. The lowest BCUT2D eigenvalue weighted by Gasteiger charge is -2.34. The SMILES string of the molecule is COc1ccc(CN2CCN(Cc3nc(C(=O)Nc4cc(C)ccc4C)co3)CC2)c(OC)c1. The molecule has 0 bridgehead atoms. The standard InChI is InChI=1S/C26H32N4O4/c1-18-5-6-19(2)22(13-18)28-26(31)23-17-34-25(27-23)16-30-11-9-29(10-12-30)15-20-7-8-21(32-3)14-24(20)33-4/h5-8,13-14,17H,9-12,15-16H2,1-4H3,(H,28,31). The smallest absolute Gasteiger partial charge is 0.277 e. The molecule has 8 nitrogen and oxygen atoms in total. The highest BCUT2D eigenvalue weighted by Gasteiger charge is 2.21. The number of methoxy groups -OCH3 is 2. The first-order valence-electron chi connectivity index (χ1n) is 11.4. The van der Waals surface area contributed by atoms with E-state index in [-0.39, 0.29) is 5.91 Å². The second-order valence-corrected chi connectivity index (χ2v) is 8.63. The maximum absolute atomic E-state index is 12.6.